The molecule has 5 heteroatoms. The van der Waals surface area contributed by atoms with E-state index in [9.17, 15) is 9.59 Å². The number of carbonyl (C=O) groups excluding carboxylic acids is 1. The number of aromatic nitrogens is 2. The van der Waals surface area contributed by atoms with Crippen LogP contribution in [0.1, 0.15) is 34.1 Å². The molecule has 1 aromatic carbocycles. The van der Waals surface area contributed by atoms with E-state index in [2.05, 4.69) is 19.2 Å². The quantitative estimate of drug-likeness (QED) is 0.890. The maximum Gasteiger partial charge on any atom is 0.329 e. The Bertz CT molecular complexity index is 712. The summed E-state index contributed by atoms with van der Waals surface area (Å²) in [6.07, 6.45) is 0.879. The molecule has 0 aliphatic carbocycles. The topological polar surface area (TPSA) is 56.0 Å². The molecule has 0 aliphatic heterocycles. The molecular formula is C17H25N3O2. The van der Waals surface area contributed by atoms with Gasteiger partial charge in [-0.2, -0.15) is 0 Å². The summed E-state index contributed by atoms with van der Waals surface area (Å²) in [7, 11) is 0. The van der Waals surface area contributed by atoms with Crippen molar-refractivity contribution in [2.45, 2.75) is 53.2 Å². The Morgan fingerprint density at radius 2 is 1.73 bits per heavy atom. The van der Waals surface area contributed by atoms with Gasteiger partial charge in [0.25, 0.3) is 0 Å². The minimum Gasteiger partial charge on any atom is -0.352 e. The highest BCUT2D eigenvalue weighted by atomic mass is 16.2. The van der Waals surface area contributed by atoms with Crippen molar-refractivity contribution in [2.24, 2.45) is 5.92 Å². The first-order chi connectivity index (χ1) is 10.5. The number of benzene rings is 1. The van der Waals surface area contributed by atoms with Gasteiger partial charge in [0.15, 0.2) is 0 Å². The standard InChI is InChI=1S/C17H25N3O2/c1-5-10-19-14-8-6-7-9-15(14)20(17(19)22)11-16(21)18-13(4)12(2)3/h6-9,12-13H,5,10-11H2,1-4H3,(H,18,21). The number of para-hydroxylation sites is 2. The monoisotopic (exact) mass is 303 g/mol. The Balaban J connectivity index is 2.33. The van der Waals surface area contributed by atoms with Gasteiger partial charge in [-0.05, 0) is 31.4 Å². The van der Waals surface area contributed by atoms with E-state index in [0.717, 1.165) is 17.5 Å². The summed E-state index contributed by atoms with van der Waals surface area (Å²) in [6.45, 7) is 8.86. The van der Waals surface area contributed by atoms with Crippen LogP contribution < -0.4 is 11.0 Å². The summed E-state index contributed by atoms with van der Waals surface area (Å²) < 4.78 is 3.31. The van der Waals surface area contributed by atoms with E-state index in [-0.39, 0.29) is 24.2 Å². The smallest absolute Gasteiger partial charge is 0.329 e. The largest absolute Gasteiger partial charge is 0.352 e. The molecule has 1 N–H and O–H groups in total. The maximum absolute atomic E-state index is 12.6. The molecule has 0 fully saturated rings. The zero-order valence-corrected chi connectivity index (χ0v) is 13.8. The highest BCUT2D eigenvalue weighted by Crippen LogP contribution is 2.13. The van der Waals surface area contributed by atoms with Gasteiger partial charge in [0.1, 0.15) is 6.54 Å². The van der Waals surface area contributed by atoms with Crippen LogP contribution in [-0.2, 0) is 17.9 Å². The lowest BCUT2D eigenvalue weighted by molar-refractivity contribution is -0.122. The Morgan fingerprint density at radius 1 is 1.14 bits per heavy atom. The number of aryl methyl sites for hydroxylation is 1. The van der Waals surface area contributed by atoms with E-state index >= 15 is 0 Å². The number of rotatable bonds is 6. The second-order valence-electron chi connectivity index (χ2n) is 6.11. The van der Waals surface area contributed by atoms with E-state index in [1.54, 1.807) is 9.13 Å². The first kappa shape index (κ1) is 16.3. The Hall–Kier alpha value is -2.04. The lowest BCUT2D eigenvalue weighted by atomic mass is 10.1. The summed E-state index contributed by atoms with van der Waals surface area (Å²) in [6, 6.07) is 7.72. The molecule has 1 aromatic heterocycles. The van der Waals surface area contributed by atoms with Crippen LogP contribution in [-0.4, -0.2) is 21.1 Å². The molecule has 0 saturated carbocycles. The molecule has 1 amide bonds. The fraction of sp³-hybridized carbons (Fsp3) is 0.529. The van der Waals surface area contributed by atoms with Crippen LogP contribution in [0.15, 0.2) is 29.1 Å². The maximum atomic E-state index is 12.6. The number of imidazole rings is 1. The minimum atomic E-state index is -0.122. The summed E-state index contributed by atoms with van der Waals surface area (Å²) >= 11 is 0. The third-order valence-electron chi connectivity index (χ3n) is 4.06. The Kier molecular flexibility index (Phi) is 5.06. The first-order valence-electron chi connectivity index (χ1n) is 7.93. The Morgan fingerprint density at radius 3 is 2.27 bits per heavy atom. The van der Waals surface area contributed by atoms with E-state index < -0.39 is 0 Å². The molecule has 0 aliphatic rings. The second-order valence-corrected chi connectivity index (χ2v) is 6.11. The molecular weight excluding hydrogens is 278 g/mol. The van der Waals surface area contributed by atoms with Crippen molar-refractivity contribution in [3.8, 4) is 0 Å². The van der Waals surface area contributed by atoms with Gasteiger partial charge in [-0.1, -0.05) is 32.9 Å². The van der Waals surface area contributed by atoms with E-state index in [4.69, 9.17) is 0 Å². The summed E-state index contributed by atoms with van der Waals surface area (Å²) in [5.41, 5.74) is 1.59. The van der Waals surface area contributed by atoms with Crippen molar-refractivity contribution in [3.63, 3.8) is 0 Å². The first-order valence-corrected chi connectivity index (χ1v) is 7.93. The van der Waals surface area contributed by atoms with Gasteiger partial charge in [-0.15, -0.1) is 0 Å². The molecule has 2 aromatic rings. The summed E-state index contributed by atoms with van der Waals surface area (Å²) in [4.78, 5) is 24.8. The zero-order valence-electron chi connectivity index (χ0n) is 13.8. The molecule has 2 rings (SSSR count). The van der Waals surface area contributed by atoms with Crippen LogP contribution >= 0.6 is 0 Å². The molecule has 0 radical (unpaired) electrons. The van der Waals surface area contributed by atoms with Crippen LogP contribution in [0.2, 0.25) is 0 Å². The second kappa shape index (κ2) is 6.81. The third kappa shape index (κ3) is 3.24. The molecule has 1 heterocycles. The lowest BCUT2D eigenvalue weighted by Gasteiger charge is -2.17. The highest BCUT2D eigenvalue weighted by molar-refractivity contribution is 5.81. The lowest BCUT2D eigenvalue weighted by Crippen LogP contribution is -2.40. The van der Waals surface area contributed by atoms with Gasteiger partial charge in [0.2, 0.25) is 5.91 Å². The van der Waals surface area contributed by atoms with Crippen molar-refractivity contribution in [1.29, 1.82) is 0 Å². The average molecular weight is 303 g/mol. The molecule has 22 heavy (non-hydrogen) atoms. The zero-order chi connectivity index (χ0) is 16.3. The van der Waals surface area contributed by atoms with Gasteiger partial charge in [-0.25, -0.2) is 4.79 Å². The number of nitrogens with one attached hydrogen (secondary N) is 1. The van der Waals surface area contributed by atoms with Gasteiger partial charge < -0.3 is 5.32 Å². The fourth-order valence-corrected chi connectivity index (χ4v) is 2.47. The van der Waals surface area contributed by atoms with E-state index in [1.165, 1.54) is 0 Å². The fourth-order valence-electron chi connectivity index (χ4n) is 2.47. The van der Waals surface area contributed by atoms with Crippen molar-refractivity contribution in [2.75, 3.05) is 0 Å². The van der Waals surface area contributed by atoms with Crippen molar-refractivity contribution < 1.29 is 4.79 Å². The average Bonchev–Trinajstić information content (AvgIpc) is 2.73. The van der Waals surface area contributed by atoms with Gasteiger partial charge >= 0.3 is 5.69 Å². The molecule has 1 atom stereocenters. The van der Waals surface area contributed by atoms with E-state index in [1.807, 2.05) is 38.1 Å². The predicted octanol–water partition coefficient (Wildman–Crippen LogP) is 2.37. The molecule has 0 spiro atoms. The van der Waals surface area contributed by atoms with Crippen LogP contribution in [0, 0.1) is 5.92 Å². The van der Waals surface area contributed by atoms with Crippen molar-refractivity contribution >= 4 is 16.9 Å². The number of hydrogen-bond acceptors (Lipinski definition) is 2. The van der Waals surface area contributed by atoms with Crippen LogP contribution in [0.3, 0.4) is 0 Å². The molecule has 0 bridgehead atoms. The van der Waals surface area contributed by atoms with Crippen molar-refractivity contribution in [3.05, 3.63) is 34.7 Å². The highest BCUT2D eigenvalue weighted by Gasteiger charge is 2.16. The Labute approximate surface area is 130 Å². The number of amides is 1. The summed E-state index contributed by atoms with van der Waals surface area (Å²) in [5.74, 6) is 0.241. The van der Waals surface area contributed by atoms with Crippen LogP contribution in [0.5, 0.6) is 0 Å². The number of hydrogen-bond donors (Lipinski definition) is 1. The molecule has 1 unspecified atom stereocenters. The molecule has 5 nitrogen and oxygen atoms in total. The number of nitrogens with zero attached hydrogens (tertiary/aromatic N) is 2. The third-order valence-corrected chi connectivity index (χ3v) is 4.06. The van der Waals surface area contributed by atoms with Gasteiger partial charge in [0.05, 0.1) is 11.0 Å². The van der Waals surface area contributed by atoms with Gasteiger partial charge in [-0.3, -0.25) is 13.9 Å². The number of fused-ring (bicyclic) bond motifs is 1. The normalized spacial score (nSPS) is 12.8. The van der Waals surface area contributed by atoms with Gasteiger partial charge in [0, 0.05) is 12.6 Å². The molecule has 0 saturated heterocycles. The van der Waals surface area contributed by atoms with Crippen molar-refractivity contribution in [1.82, 2.24) is 14.5 Å². The number of carbonyl (C=O) groups is 1. The van der Waals surface area contributed by atoms with Crippen LogP contribution in [0.25, 0.3) is 11.0 Å². The van der Waals surface area contributed by atoms with E-state index in [0.29, 0.717) is 12.5 Å². The van der Waals surface area contributed by atoms with Crippen LogP contribution in [0.4, 0.5) is 0 Å². The molecule has 120 valence electrons. The summed E-state index contributed by atoms with van der Waals surface area (Å²) in [5, 5.41) is 2.95. The minimum absolute atomic E-state index is 0.0626. The SMILES string of the molecule is CCCn1c(=O)n(CC(=O)NC(C)C(C)C)c2ccccc21. The predicted molar refractivity (Wildman–Crippen MR) is 88.9 cm³/mol.